The van der Waals surface area contributed by atoms with Gasteiger partial charge < -0.3 is 11.5 Å². The van der Waals surface area contributed by atoms with E-state index in [0.29, 0.717) is 6.54 Å². The monoisotopic (exact) mass is 219 g/mol. The van der Waals surface area contributed by atoms with Gasteiger partial charge in [-0.15, -0.1) is 11.3 Å². The third-order valence-corrected chi connectivity index (χ3v) is 3.00. The van der Waals surface area contributed by atoms with Crippen molar-refractivity contribution in [1.82, 2.24) is 4.98 Å². The highest BCUT2D eigenvalue weighted by molar-refractivity contribution is 7.09. The number of nitrogen functional groups attached to an aromatic ring is 1. The van der Waals surface area contributed by atoms with Crippen LogP contribution in [0, 0.1) is 0 Å². The lowest BCUT2D eigenvalue weighted by Gasteiger charge is -1.97. The Balaban J connectivity index is 2.29. The lowest BCUT2D eigenvalue weighted by atomic mass is 10.1. The van der Waals surface area contributed by atoms with E-state index in [-0.39, 0.29) is 0 Å². The Kier molecular flexibility index (Phi) is 2.99. The summed E-state index contributed by atoms with van der Waals surface area (Å²) < 4.78 is 0. The van der Waals surface area contributed by atoms with E-state index in [2.05, 4.69) is 4.98 Å². The molecule has 0 atom stereocenters. The third-order valence-electron chi connectivity index (χ3n) is 2.09. The van der Waals surface area contributed by atoms with Gasteiger partial charge >= 0.3 is 0 Å². The average molecular weight is 219 g/mol. The minimum Gasteiger partial charge on any atom is -0.399 e. The average Bonchev–Trinajstić information content (AvgIpc) is 2.67. The Labute approximate surface area is 92.8 Å². The molecule has 0 fully saturated rings. The molecule has 4 heteroatoms. The summed E-state index contributed by atoms with van der Waals surface area (Å²) in [6.45, 7) is 0.643. The second-order valence-corrected chi connectivity index (χ2v) is 4.23. The molecule has 1 aromatic carbocycles. The minimum absolute atomic E-state index is 0.643. The summed E-state index contributed by atoms with van der Waals surface area (Å²) in [5.41, 5.74) is 14.0. The number of aromatic nitrogens is 1. The van der Waals surface area contributed by atoms with Gasteiger partial charge in [-0.3, -0.25) is 0 Å². The summed E-state index contributed by atoms with van der Waals surface area (Å²) in [6, 6.07) is 7.75. The van der Waals surface area contributed by atoms with Crippen LogP contribution in [-0.4, -0.2) is 11.5 Å². The molecule has 3 nitrogen and oxygen atoms in total. The van der Waals surface area contributed by atoms with Crippen molar-refractivity contribution >= 4 is 17.0 Å². The topological polar surface area (TPSA) is 64.9 Å². The van der Waals surface area contributed by atoms with Crippen LogP contribution in [0.4, 0.5) is 5.69 Å². The molecule has 1 heterocycles. The first-order valence-corrected chi connectivity index (χ1v) is 5.68. The Bertz CT molecular complexity index is 451. The van der Waals surface area contributed by atoms with Crippen molar-refractivity contribution in [3.05, 3.63) is 34.7 Å². The van der Waals surface area contributed by atoms with Crippen LogP contribution < -0.4 is 11.5 Å². The number of nitrogens with zero attached hydrogens (tertiary/aromatic N) is 1. The number of benzene rings is 1. The van der Waals surface area contributed by atoms with Crippen molar-refractivity contribution in [3.63, 3.8) is 0 Å². The highest BCUT2D eigenvalue weighted by atomic mass is 32.1. The van der Waals surface area contributed by atoms with Gasteiger partial charge in [0, 0.05) is 23.1 Å². The summed E-state index contributed by atoms with van der Waals surface area (Å²) >= 11 is 1.64. The van der Waals surface area contributed by atoms with Crippen LogP contribution in [0.3, 0.4) is 0 Å². The van der Waals surface area contributed by atoms with E-state index in [1.165, 1.54) is 0 Å². The summed E-state index contributed by atoms with van der Waals surface area (Å²) in [7, 11) is 0. The maximum atomic E-state index is 5.72. The predicted molar refractivity (Wildman–Crippen MR) is 64.7 cm³/mol. The summed E-state index contributed by atoms with van der Waals surface area (Å²) in [5.74, 6) is 0. The van der Waals surface area contributed by atoms with Gasteiger partial charge in [-0.25, -0.2) is 4.98 Å². The second-order valence-electron chi connectivity index (χ2n) is 3.29. The first kappa shape index (κ1) is 10.1. The van der Waals surface area contributed by atoms with Gasteiger partial charge in [0.2, 0.25) is 0 Å². The van der Waals surface area contributed by atoms with E-state index in [1.807, 2.05) is 29.6 Å². The van der Waals surface area contributed by atoms with Crippen molar-refractivity contribution in [2.45, 2.75) is 6.42 Å². The molecule has 0 aliphatic rings. The molecule has 4 N–H and O–H groups in total. The van der Waals surface area contributed by atoms with Gasteiger partial charge in [-0.1, -0.05) is 12.1 Å². The molecule has 0 unspecified atom stereocenters. The van der Waals surface area contributed by atoms with Crippen molar-refractivity contribution in [2.24, 2.45) is 5.73 Å². The molecule has 78 valence electrons. The molecular weight excluding hydrogens is 206 g/mol. The van der Waals surface area contributed by atoms with Crippen LogP contribution in [0.5, 0.6) is 0 Å². The fourth-order valence-electron chi connectivity index (χ4n) is 1.38. The van der Waals surface area contributed by atoms with Gasteiger partial charge in [0.15, 0.2) is 0 Å². The highest BCUT2D eigenvalue weighted by Crippen LogP contribution is 2.23. The zero-order valence-electron chi connectivity index (χ0n) is 8.31. The van der Waals surface area contributed by atoms with Gasteiger partial charge in [0.05, 0.1) is 10.7 Å². The van der Waals surface area contributed by atoms with Crippen LogP contribution in [-0.2, 0) is 6.42 Å². The van der Waals surface area contributed by atoms with E-state index >= 15 is 0 Å². The largest absolute Gasteiger partial charge is 0.399 e. The number of hydrogen-bond donors (Lipinski definition) is 2. The maximum absolute atomic E-state index is 5.72. The lowest BCUT2D eigenvalue weighted by molar-refractivity contribution is 0.954. The predicted octanol–water partition coefficient (Wildman–Crippen LogP) is 1.89. The first-order valence-electron chi connectivity index (χ1n) is 4.80. The summed E-state index contributed by atoms with van der Waals surface area (Å²) in [6.07, 6.45) is 0.840. The Hall–Kier alpha value is -1.39. The standard InChI is InChI=1S/C11H13N3S/c12-5-4-11-14-10(7-15-11)8-2-1-3-9(13)6-8/h1-3,6-7H,4-5,12-13H2. The highest BCUT2D eigenvalue weighted by Gasteiger charge is 2.03. The van der Waals surface area contributed by atoms with Crippen molar-refractivity contribution in [3.8, 4) is 11.3 Å². The molecule has 0 radical (unpaired) electrons. The summed E-state index contributed by atoms with van der Waals surface area (Å²) in [4.78, 5) is 4.49. The second kappa shape index (κ2) is 4.42. The molecule has 0 amide bonds. The fourth-order valence-corrected chi connectivity index (χ4v) is 2.20. The smallest absolute Gasteiger partial charge is 0.0945 e. The van der Waals surface area contributed by atoms with Crippen molar-refractivity contribution < 1.29 is 0 Å². The van der Waals surface area contributed by atoms with E-state index in [1.54, 1.807) is 11.3 Å². The number of hydrogen-bond acceptors (Lipinski definition) is 4. The molecule has 0 saturated carbocycles. The van der Waals surface area contributed by atoms with E-state index in [0.717, 1.165) is 28.4 Å². The minimum atomic E-state index is 0.643. The molecule has 0 saturated heterocycles. The third kappa shape index (κ3) is 2.34. The van der Waals surface area contributed by atoms with Crippen LogP contribution in [0.1, 0.15) is 5.01 Å². The number of anilines is 1. The lowest BCUT2D eigenvalue weighted by Crippen LogP contribution is -2.01. The van der Waals surface area contributed by atoms with E-state index in [9.17, 15) is 0 Å². The normalized spacial score (nSPS) is 10.5. The molecule has 15 heavy (non-hydrogen) atoms. The quantitative estimate of drug-likeness (QED) is 0.775. The van der Waals surface area contributed by atoms with Crippen LogP contribution in [0.2, 0.25) is 0 Å². The Morgan fingerprint density at radius 3 is 2.93 bits per heavy atom. The van der Waals surface area contributed by atoms with Gasteiger partial charge in [0.1, 0.15) is 0 Å². The molecule has 0 bridgehead atoms. The zero-order chi connectivity index (χ0) is 10.7. The van der Waals surface area contributed by atoms with Gasteiger partial charge in [0.25, 0.3) is 0 Å². The SMILES string of the molecule is NCCc1nc(-c2cccc(N)c2)cs1. The Morgan fingerprint density at radius 2 is 2.20 bits per heavy atom. The van der Waals surface area contributed by atoms with Crippen molar-refractivity contribution in [2.75, 3.05) is 12.3 Å². The van der Waals surface area contributed by atoms with Gasteiger partial charge in [-0.05, 0) is 18.7 Å². The van der Waals surface area contributed by atoms with Crippen LogP contribution >= 0.6 is 11.3 Å². The van der Waals surface area contributed by atoms with Crippen LogP contribution in [0.25, 0.3) is 11.3 Å². The van der Waals surface area contributed by atoms with Crippen molar-refractivity contribution in [1.29, 1.82) is 0 Å². The molecule has 2 rings (SSSR count). The molecule has 0 aliphatic heterocycles. The molecule has 0 aliphatic carbocycles. The molecule has 2 aromatic rings. The maximum Gasteiger partial charge on any atom is 0.0945 e. The summed E-state index contributed by atoms with van der Waals surface area (Å²) in [5, 5.41) is 3.12. The molecule has 0 spiro atoms. The van der Waals surface area contributed by atoms with Crippen LogP contribution in [0.15, 0.2) is 29.6 Å². The zero-order valence-corrected chi connectivity index (χ0v) is 9.13. The molecule has 1 aromatic heterocycles. The fraction of sp³-hybridized carbons (Fsp3) is 0.182. The van der Waals surface area contributed by atoms with Gasteiger partial charge in [-0.2, -0.15) is 0 Å². The molecular formula is C11H13N3S. The Morgan fingerprint density at radius 1 is 1.33 bits per heavy atom. The number of rotatable bonds is 3. The van der Waals surface area contributed by atoms with E-state index < -0.39 is 0 Å². The number of thiazole rings is 1. The first-order chi connectivity index (χ1) is 7.29. The van der Waals surface area contributed by atoms with E-state index in [4.69, 9.17) is 11.5 Å². The number of nitrogens with two attached hydrogens (primary N) is 2.